The summed E-state index contributed by atoms with van der Waals surface area (Å²) < 4.78 is 2.89. The summed E-state index contributed by atoms with van der Waals surface area (Å²) in [6, 6.07) is 8.16. The van der Waals surface area contributed by atoms with Gasteiger partial charge in [-0.2, -0.15) is 0 Å². The average molecular weight is 460 g/mol. The van der Waals surface area contributed by atoms with Crippen molar-refractivity contribution in [1.82, 2.24) is 25.0 Å². The normalized spacial score (nSPS) is 17.9. The van der Waals surface area contributed by atoms with Crippen LogP contribution in [-0.2, 0) is 0 Å². The fourth-order valence-corrected chi connectivity index (χ4v) is 4.58. The van der Waals surface area contributed by atoms with Gasteiger partial charge in [0, 0.05) is 23.3 Å². The van der Waals surface area contributed by atoms with Crippen LogP contribution >= 0.6 is 27.5 Å². The number of aromatic nitrogens is 5. The van der Waals surface area contributed by atoms with Crippen molar-refractivity contribution in [3.63, 3.8) is 0 Å². The van der Waals surface area contributed by atoms with Crippen molar-refractivity contribution in [2.24, 2.45) is 5.41 Å². The molecular weight excluding hydrogens is 440 g/mol. The molecule has 1 aliphatic carbocycles. The van der Waals surface area contributed by atoms with Crippen LogP contribution in [0.5, 0.6) is 0 Å². The second-order valence-electron chi connectivity index (χ2n) is 7.83. The van der Waals surface area contributed by atoms with Crippen LogP contribution in [0.3, 0.4) is 0 Å². The highest BCUT2D eigenvalue weighted by molar-refractivity contribution is 9.10. The van der Waals surface area contributed by atoms with Gasteiger partial charge >= 0.3 is 0 Å². The highest BCUT2D eigenvalue weighted by Gasteiger charge is 2.44. The van der Waals surface area contributed by atoms with Crippen molar-refractivity contribution in [3.8, 4) is 17.1 Å². The summed E-state index contributed by atoms with van der Waals surface area (Å²) in [5.41, 5.74) is 5.00. The molecule has 8 heteroatoms. The Bertz CT molecular complexity index is 1010. The van der Waals surface area contributed by atoms with Gasteiger partial charge in [-0.15, -0.1) is 5.10 Å². The number of rotatable bonds is 3. The topological polar surface area (TPSA) is 59.7 Å². The van der Waals surface area contributed by atoms with E-state index >= 15 is 0 Å². The first-order valence-electron chi connectivity index (χ1n) is 9.50. The average Bonchev–Trinajstić information content (AvgIpc) is 3.24. The zero-order chi connectivity index (χ0) is 19.3. The van der Waals surface area contributed by atoms with Gasteiger partial charge in [0.15, 0.2) is 0 Å². The summed E-state index contributed by atoms with van der Waals surface area (Å²) in [7, 11) is 0. The van der Waals surface area contributed by atoms with Crippen LogP contribution < -0.4 is 4.90 Å². The molecule has 3 aromatic rings. The quantitative estimate of drug-likeness (QED) is 0.525. The number of aryl methyl sites for hydroxylation is 1. The van der Waals surface area contributed by atoms with E-state index in [0.29, 0.717) is 16.8 Å². The molecule has 0 unspecified atom stereocenters. The Morgan fingerprint density at radius 3 is 2.50 bits per heavy atom. The van der Waals surface area contributed by atoms with Gasteiger partial charge in [-0.1, -0.05) is 21.1 Å². The molecule has 1 saturated heterocycles. The van der Waals surface area contributed by atoms with Gasteiger partial charge in [0.1, 0.15) is 5.69 Å². The van der Waals surface area contributed by atoms with Crippen molar-refractivity contribution in [1.29, 1.82) is 0 Å². The molecule has 2 fully saturated rings. The maximum absolute atomic E-state index is 6.01. The summed E-state index contributed by atoms with van der Waals surface area (Å²) in [5.74, 6) is 0. The lowest BCUT2D eigenvalue weighted by atomic mass is 9.93. The van der Waals surface area contributed by atoms with E-state index in [1.54, 1.807) is 0 Å². The summed E-state index contributed by atoms with van der Waals surface area (Å²) in [6.07, 6.45) is 7.26. The van der Waals surface area contributed by atoms with Crippen molar-refractivity contribution in [3.05, 3.63) is 45.9 Å². The third-order valence-corrected chi connectivity index (χ3v) is 6.55. The van der Waals surface area contributed by atoms with Crippen LogP contribution in [0, 0.1) is 12.3 Å². The molecule has 5 rings (SSSR count). The minimum atomic E-state index is 0.219. The lowest BCUT2D eigenvalue weighted by Gasteiger charge is -2.35. The predicted molar refractivity (Wildman–Crippen MR) is 113 cm³/mol. The fourth-order valence-electron chi connectivity index (χ4n) is 4.00. The number of hydrogen-bond acceptors (Lipinski definition) is 5. The van der Waals surface area contributed by atoms with Crippen LogP contribution in [0.1, 0.15) is 31.4 Å². The van der Waals surface area contributed by atoms with Gasteiger partial charge in [-0.3, -0.25) is 0 Å². The van der Waals surface area contributed by atoms with E-state index in [4.69, 9.17) is 11.6 Å². The van der Waals surface area contributed by atoms with Crippen molar-refractivity contribution in [2.75, 3.05) is 18.0 Å². The highest BCUT2D eigenvalue weighted by Crippen LogP contribution is 2.54. The Morgan fingerprint density at radius 2 is 1.79 bits per heavy atom. The smallest absolute Gasteiger partial charge is 0.223 e. The monoisotopic (exact) mass is 458 g/mol. The zero-order valence-electron chi connectivity index (χ0n) is 15.6. The second kappa shape index (κ2) is 6.81. The molecule has 2 aromatic heterocycles. The molecule has 0 radical (unpaired) electrons. The van der Waals surface area contributed by atoms with E-state index in [1.165, 1.54) is 31.4 Å². The Hall–Kier alpha value is -1.99. The number of hydrogen-bond donors (Lipinski definition) is 0. The van der Waals surface area contributed by atoms with Gasteiger partial charge in [-0.25, -0.2) is 14.6 Å². The zero-order valence-corrected chi connectivity index (χ0v) is 17.9. The summed E-state index contributed by atoms with van der Waals surface area (Å²) >= 11 is 9.63. The third-order valence-electron chi connectivity index (χ3n) is 5.89. The molecule has 0 bridgehead atoms. The van der Waals surface area contributed by atoms with Gasteiger partial charge in [0.05, 0.1) is 23.3 Å². The Balaban J connectivity index is 1.49. The molecule has 28 heavy (non-hydrogen) atoms. The summed E-state index contributed by atoms with van der Waals surface area (Å²) in [6.45, 7) is 4.06. The number of anilines is 1. The van der Waals surface area contributed by atoms with E-state index in [9.17, 15) is 0 Å². The molecule has 0 atom stereocenters. The van der Waals surface area contributed by atoms with Crippen LogP contribution in [-0.4, -0.2) is 38.1 Å². The molecule has 3 heterocycles. The molecule has 6 nitrogen and oxygen atoms in total. The standard InChI is InChI=1S/C20H20BrClN6/c1-13-10-15(24-19(22)23-13)16-12-28(26-25-16)17-3-2-14(21)11-18(17)27-8-6-20(4-5-20)7-9-27/h2-3,10-12H,4-9H2,1H3. The van der Waals surface area contributed by atoms with Crippen LogP contribution in [0.2, 0.25) is 5.28 Å². The number of piperidine rings is 1. The molecule has 1 saturated carbocycles. The van der Waals surface area contributed by atoms with Gasteiger partial charge in [0.2, 0.25) is 5.28 Å². The SMILES string of the molecule is Cc1cc(-c2cn(-c3ccc(Br)cc3N3CCC4(CC3)CC4)nn2)nc(Cl)n1. The molecule has 0 amide bonds. The highest BCUT2D eigenvalue weighted by atomic mass is 79.9. The predicted octanol–water partition coefficient (Wildman–Crippen LogP) is 4.83. The first-order chi connectivity index (χ1) is 13.5. The van der Waals surface area contributed by atoms with E-state index in [2.05, 4.69) is 53.2 Å². The van der Waals surface area contributed by atoms with Gasteiger partial charge in [-0.05, 0) is 73.9 Å². The largest absolute Gasteiger partial charge is 0.370 e. The molecular formula is C20H20BrClN6. The lowest BCUT2D eigenvalue weighted by Crippen LogP contribution is -2.35. The molecule has 1 aromatic carbocycles. The van der Waals surface area contributed by atoms with Crippen molar-refractivity contribution in [2.45, 2.75) is 32.6 Å². The first-order valence-corrected chi connectivity index (χ1v) is 10.7. The Morgan fingerprint density at radius 1 is 1.00 bits per heavy atom. The molecule has 144 valence electrons. The van der Waals surface area contributed by atoms with Crippen molar-refractivity contribution < 1.29 is 0 Å². The summed E-state index contributed by atoms with van der Waals surface area (Å²) in [5, 5.41) is 8.91. The minimum absolute atomic E-state index is 0.219. The third kappa shape index (κ3) is 3.42. The molecule has 2 aliphatic rings. The van der Waals surface area contributed by atoms with Crippen LogP contribution in [0.25, 0.3) is 17.1 Å². The molecule has 1 spiro atoms. The van der Waals surface area contributed by atoms with E-state index in [1.807, 2.05) is 29.9 Å². The number of halogens is 2. The van der Waals surface area contributed by atoms with E-state index < -0.39 is 0 Å². The van der Waals surface area contributed by atoms with Crippen LogP contribution in [0.15, 0.2) is 34.9 Å². The Kier molecular flexibility index (Phi) is 4.39. The van der Waals surface area contributed by atoms with Crippen molar-refractivity contribution >= 4 is 33.2 Å². The van der Waals surface area contributed by atoms with Crippen LogP contribution in [0.4, 0.5) is 5.69 Å². The summed E-state index contributed by atoms with van der Waals surface area (Å²) in [4.78, 5) is 10.9. The Labute approximate surface area is 177 Å². The number of nitrogens with zero attached hydrogens (tertiary/aromatic N) is 6. The minimum Gasteiger partial charge on any atom is -0.370 e. The van der Waals surface area contributed by atoms with Gasteiger partial charge in [0.25, 0.3) is 0 Å². The molecule has 1 aliphatic heterocycles. The number of benzene rings is 1. The first kappa shape index (κ1) is 18.1. The van der Waals surface area contributed by atoms with E-state index in [-0.39, 0.29) is 5.28 Å². The van der Waals surface area contributed by atoms with Gasteiger partial charge < -0.3 is 4.90 Å². The second-order valence-corrected chi connectivity index (χ2v) is 9.09. The van der Waals surface area contributed by atoms with E-state index in [0.717, 1.165) is 28.9 Å². The molecule has 0 N–H and O–H groups in total. The maximum Gasteiger partial charge on any atom is 0.223 e. The maximum atomic E-state index is 6.01. The lowest BCUT2D eigenvalue weighted by molar-refractivity contribution is 0.384. The fraction of sp³-hybridized carbons (Fsp3) is 0.400.